The average Bonchev–Trinajstić information content (AvgIpc) is 3.41. The van der Waals surface area contributed by atoms with E-state index in [0.717, 1.165) is 22.2 Å². The maximum atomic E-state index is 12.9. The maximum absolute atomic E-state index is 12.9. The lowest BCUT2D eigenvalue weighted by Crippen LogP contribution is -2.32. The van der Waals surface area contributed by atoms with Crippen LogP contribution in [0.1, 0.15) is 34.0 Å². The summed E-state index contributed by atoms with van der Waals surface area (Å²) in [6.07, 6.45) is 2.14. The number of amides is 1. The molecule has 2 aromatic heterocycles. The Morgan fingerprint density at radius 1 is 1.09 bits per heavy atom. The number of rotatable bonds is 6. The topological polar surface area (TPSA) is 57.3 Å². The van der Waals surface area contributed by atoms with Gasteiger partial charge in [-0.05, 0) is 54.9 Å². The second-order valence-corrected chi connectivity index (χ2v) is 9.80. The summed E-state index contributed by atoms with van der Waals surface area (Å²) in [5.74, 6) is -0.0310. The lowest BCUT2D eigenvalue weighted by molar-refractivity contribution is -0.116. The van der Waals surface area contributed by atoms with Crippen molar-refractivity contribution < 1.29 is 4.79 Å². The minimum atomic E-state index is -0.0575. The molecular formula is C26H24N4OS2. The highest BCUT2D eigenvalue weighted by atomic mass is 32.1. The summed E-state index contributed by atoms with van der Waals surface area (Å²) in [4.78, 5) is 22.1. The van der Waals surface area contributed by atoms with Crippen molar-refractivity contribution in [2.45, 2.75) is 25.4 Å². The second kappa shape index (κ2) is 9.29. The molecule has 7 heteroatoms. The van der Waals surface area contributed by atoms with E-state index in [1.807, 2.05) is 60.7 Å². The fraction of sp³-hybridized carbons (Fsp3) is 0.192. The lowest BCUT2D eigenvalue weighted by Gasteiger charge is -2.26. The van der Waals surface area contributed by atoms with Crippen LogP contribution < -0.4 is 10.6 Å². The maximum Gasteiger partial charge on any atom is 0.226 e. The first-order valence-corrected chi connectivity index (χ1v) is 12.1. The van der Waals surface area contributed by atoms with E-state index in [9.17, 15) is 4.79 Å². The van der Waals surface area contributed by atoms with Crippen molar-refractivity contribution in [3.63, 3.8) is 0 Å². The van der Waals surface area contributed by atoms with Crippen LogP contribution in [-0.2, 0) is 4.79 Å². The molecule has 166 valence electrons. The predicted octanol–water partition coefficient (Wildman–Crippen LogP) is 5.61. The molecule has 2 atom stereocenters. The highest BCUT2D eigenvalue weighted by Crippen LogP contribution is 2.41. The van der Waals surface area contributed by atoms with E-state index in [2.05, 4.69) is 39.6 Å². The van der Waals surface area contributed by atoms with Gasteiger partial charge in [0.2, 0.25) is 5.91 Å². The van der Waals surface area contributed by atoms with Crippen LogP contribution in [0, 0.1) is 6.92 Å². The fourth-order valence-electron chi connectivity index (χ4n) is 4.34. The van der Waals surface area contributed by atoms with Gasteiger partial charge in [0, 0.05) is 40.0 Å². The molecule has 0 spiro atoms. The van der Waals surface area contributed by atoms with Crippen LogP contribution in [0.3, 0.4) is 0 Å². The summed E-state index contributed by atoms with van der Waals surface area (Å²) in [6, 6.07) is 24.1. The minimum absolute atomic E-state index is 0.00328. The summed E-state index contributed by atoms with van der Waals surface area (Å²) >= 11 is 7.46. The van der Waals surface area contributed by atoms with Crippen molar-refractivity contribution >= 4 is 51.0 Å². The molecule has 0 saturated carbocycles. The van der Waals surface area contributed by atoms with Crippen molar-refractivity contribution in [1.29, 1.82) is 0 Å². The lowest BCUT2D eigenvalue weighted by atomic mass is 10.0. The van der Waals surface area contributed by atoms with Gasteiger partial charge in [0.25, 0.3) is 0 Å². The Morgan fingerprint density at radius 2 is 1.91 bits per heavy atom. The number of thiophene rings is 1. The predicted molar refractivity (Wildman–Crippen MR) is 138 cm³/mol. The molecule has 2 aromatic carbocycles. The number of nitrogens with one attached hydrogen (secondary N) is 2. The molecule has 0 bridgehead atoms. The zero-order valence-corrected chi connectivity index (χ0v) is 19.8. The van der Waals surface area contributed by atoms with Crippen LogP contribution >= 0.6 is 23.6 Å². The Kier molecular flexibility index (Phi) is 6.07. The highest BCUT2D eigenvalue weighted by molar-refractivity contribution is 7.80. The molecule has 1 saturated heterocycles. The van der Waals surface area contributed by atoms with Gasteiger partial charge in [-0.15, -0.1) is 11.3 Å². The van der Waals surface area contributed by atoms with Crippen molar-refractivity contribution in [2.24, 2.45) is 0 Å². The van der Waals surface area contributed by atoms with Crippen molar-refractivity contribution in [1.82, 2.24) is 15.2 Å². The molecule has 0 unspecified atom stereocenters. The summed E-state index contributed by atoms with van der Waals surface area (Å²) in [5, 5.41) is 9.32. The quantitative estimate of drug-likeness (QED) is 0.358. The Hall–Kier alpha value is -3.29. The summed E-state index contributed by atoms with van der Waals surface area (Å²) < 4.78 is 0. The van der Waals surface area contributed by atoms with Gasteiger partial charge in [-0.1, -0.05) is 42.5 Å². The molecule has 1 amide bonds. The number of pyridine rings is 1. The zero-order valence-electron chi connectivity index (χ0n) is 18.2. The molecule has 2 N–H and O–H groups in total. The second-order valence-electron chi connectivity index (χ2n) is 8.09. The fourth-order valence-corrected chi connectivity index (χ4v) is 5.70. The average molecular weight is 473 g/mol. The van der Waals surface area contributed by atoms with E-state index in [1.165, 1.54) is 9.75 Å². The normalized spacial score (nSPS) is 17.8. The number of hydrogen-bond donors (Lipinski definition) is 2. The van der Waals surface area contributed by atoms with Gasteiger partial charge < -0.3 is 15.5 Å². The Bertz CT molecular complexity index is 1300. The Balaban J connectivity index is 1.35. The molecule has 33 heavy (non-hydrogen) atoms. The van der Waals surface area contributed by atoms with Gasteiger partial charge in [-0.25, -0.2) is 0 Å². The van der Waals surface area contributed by atoms with E-state index in [1.54, 1.807) is 17.5 Å². The number of aromatic nitrogens is 1. The number of nitrogens with zero attached hydrogens (tertiary/aromatic N) is 2. The van der Waals surface area contributed by atoms with E-state index in [-0.39, 0.29) is 18.0 Å². The number of hydrogen-bond acceptors (Lipinski definition) is 4. The first-order valence-electron chi connectivity index (χ1n) is 10.9. The van der Waals surface area contributed by atoms with Crippen LogP contribution in [-0.4, -0.2) is 27.4 Å². The van der Waals surface area contributed by atoms with Gasteiger partial charge in [-0.3, -0.25) is 9.78 Å². The van der Waals surface area contributed by atoms with Crippen molar-refractivity contribution in [3.05, 3.63) is 94.4 Å². The molecular weight excluding hydrogens is 448 g/mol. The summed E-state index contributed by atoms with van der Waals surface area (Å²) in [7, 11) is 0. The number of benzene rings is 2. The molecule has 4 aromatic rings. The molecule has 3 heterocycles. The Labute approximate surface area is 202 Å². The molecule has 0 radical (unpaired) electrons. The SMILES string of the molecule is Cc1ccc([C@@H]2[C@H](c3ccccn3)NC(=S)N2CCC(=O)Nc2cccc3ccccc23)s1. The van der Waals surface area contributed by atoms with Crippen molar-refractivity contribution in [2.75, 3.05) is 11.9 Å². The van der Waals surface area contributed by atoms with Crippen LogP contribution in [0.2, 0.25) is 0 Å². The number of carbonyl (C=O) groups is 1. The first-order chi connectivity index (χ1) is 16.1. The monoisotopic (exact) mass is 472 g/mol. The van der Waals surface area contributed by atoms with Crippen LogP contribution in [0.25, 0.3) is 10.8 Å². The molecule has 1 fully saturated rings. The zero-order chi connectivity index (χ0) is 22.8. The van der Waals surface area contributed by atoms with Crippen LogP contribution in [0.15, 0.2) is 79.0 Å². The van der Waals surface area contributed by atoms with Gasteiger partial charge in [0.1, 0.15) is 0 Å². The molecule has 5 rings (SSSR count). The number of aryl methyl sites for hydroxylation is 1. The van der Waals surface area contributed by atoms with Gasteiger partial charge in [0.15, 0.2) is 5.11 Å². The summed E-state index contributed by atoms with van der Waals surface area (Å²) in [5.41, 5.74) is 1.77. The minimum Gasteiger partial charge on any atom is -0.352 e. The molecule has 5 nitrogen and oxygen atoms in total. The van der Waals surface area contributed by atoms with E-state index in [4.69, 9.17) is 12.2 Å². The first kappa shape index (κ1) is 21.6. The third-order valence-electron chi connectivity index (χ3n) is 5.89. The molecule has 1 aliphatic heterocycles. The highest BCUT2D eigenvalue weighted by Gasteiger charge is 2.40. The third kappa shape index (κ3) is 4.47. The number of fused-ring (bicyclic) bond motifs is 1. The van der Waals surface area contributed by atoms with Gasteiger partial charge in [0.05, 0.1) is 17.8 Å². The summed E-state index contributed by atoms with van der Waals surface area (Å²) in [6.45, 7) is 2.62. The smallest absolute Gasteiger partial charge is 0.226 e. The number of carbonyl (C=O) groups excluding carboxylic acids is 1. The standard InChI is InChI=1S/C26H24N4OS2/c1-17-12-13-22(33-17)25-24(21-10-4-5-15-27-21)29-26(32)30(25)16-14-23(31)28-20-11-6-8-18-7-2-3-9-19(18)20/h2-13,15,24-25H,14,16H2,1H3,(H,28,31)(H,29,32)/t24-,25+/m0/s1. The van der Waals surface area contributed by atoms with E-state index < -0.39 is 0 Å². The largest absolute Gasteiger partial charge is 0.352 e. The van der Waals surface area contributed by atoms with Crippen LogP contribution in [0.4, 0.5) is 5.69 Å². The van der Waals surface area contributed by atoms with E-state index >= 15 is 0 Å². The number of anilines is 1. The third-order valence-corrected chi connectivity index (χ3v) is 7.32. The van der Waals surface area contributed by atoms with Gasteiger partial charge >= 0.3 is 0 Å². The van der Waals surface area contributed by atoms with E-state index in [0.29, 0.717) is 18.1 Å². The van der Waals surface area contributed by atoms with Gasteiger partial charge in [-0.2, -0.15) is 0 Å². The molecule has 1 aliphatic rings. The van der Waals surface area contributed by atoms with Crippen molar-refractivity contribution in [3.8, 4) is 0 Å². The Morgan fingerprint density at radius 3 is 2.70 bits per heavy atom. The molecule has 0 aliphatic carbocycles. The van der Waals surface area contributed by atoms with Crippen LogP contribution in [0.5, 0.6) is 0 Å². The number of thiocarbonyl (C=S) groups is 1.